The van der Waals surface area contributed by atoms with E-state index in [0.717, 1.165) is 10.6 Å². The molecule has 1 aliphatic heterocycles. The third-order valence-electron chi connectivity index (χ3n) is 5.10. The Kier molecular flexibility index (Phi) is 5.36. The first-order valence-corrected chi connectivity index (χ1v) is 10.8. The molecule has 0 amide bonds. The van der Waals surface area contributed by atoms with Crippen LogP contribution >= 0.6 is 11.3 Å². The Bertz CT molecular complexity index is 1050. The Hall–Kier alpha value is -2.93. The van der Waals surface area contributed by atoms with Crippen molar-refractivity contribution >= 4 is 11.3 Å². The maximum absolute atomic E-state index is 6.40. The molecule has 0 radical (unpaired) electrons. The van der Waals surface area contributed by atoms with Gasteiger partial charge in [0.15, 0.2) is 0 Å². The minimum absolute atomic E-state index is 0.149. The van der Waals surface area contributed by atoms with Crippen LogP contribution in [0.2, 0.25) is 0 Å². The number of ether oxygens (including phenoxy) is 3. The monoisotopic (exact) mass is 418 g/mol. The SMILES string of the molecule is c1ccc(-c2ccc(OC[C@H]3CO[C@@](Cn4ccnc4)(c4cccs4)O3)cc2)cc1. The van der Waals surface area contributed by atoms with Gasteiger partial charge < -0.3 is 18.8 Å². The number of aromatic nitrogens is 2. The summed E-state index contributed by atoms with van der Waals surface area (Å²) in [7, 11) is 0. The van der Waals surface area contributed by atoms with Crippen LogP contribution in [0.1, 0.15) is 4.88 Å². The first-order chi connectivity index (χ1) is 14.8. The zero-order valence-electron chi connectivity index (χ0n) is 16.4. The van der Waals surface area contributed by atoms with Crippen LogP contribution in [0.3, 0.4) is 0 Å². The van der Waals surface area contributed by atoms with Gasteiger partial charge in [-0.2, -0.15) is 0 Å². The fourth-order valence-corrected chi connectivity index (χ4v) is 4.43. The van der Waals surface area contributed by atoms with E-state index in [1.165, 1.54) is 11.1 Å². The second-order valence-electron chi connectivity index (χ2n) is 7.22. The molecule has 0 saturated carbocycles. The van der Waals surface area contributed by atoms with Crippen LogP contribution in [0.25, 0.3) is 11.1 Å². The predicted octanol–water partition coefficient (Wildman–Crippen LogP) is 4.96. The smallest absolute Gasteiger partial charge is 0.223 e. The number of nitrogens with zero attached hydrogens (tertiary/aromatic N) is 2. The molecule has 2 atom stereocenters. The lowest BCUT2D eigenvalue weighted by atomic mass is 10.1. The van der Waals surface area contributed by atoms with E-state index in [-0.39, 0.29) is 6.10 Å². The average molecular weight is 419 g/mol. The summed E-state index contributed by atoms with van der Waals surface area (Å²) >= 11 is 1.63. The second-order valence-corrected chi connectivity index (χ2v) is 8.17. The summed E-state index contributed by atoms with van der Waals surface area (Å²) in [4.78, 5) is 5.18. The number of hydrogen-bond acceptors (Lipinski definition) is 5. The molecule has 3 heterocycles. The molecule has 0 N–H and O–H groups in total. The summed E-state index contributed by atoms with van der Waals surface area (Å²) in [5.41, 5.74) is 2.36. The summed E-state index contributed by atoms with van der Waals surface area (Å²) < 4.78 is 20.6. The number of rotatable bonds is 7. The molecular weight excluding hydrogens is 396 g/mol. The van der Waals surface area contributed by atoms with Crippen molar-refractivity contribution in [3.8, 4) is 16.9 Å². The molecule has 4 aromatic rings. The highest BCUT2D eigenvalue weighted by Crippen LogP contribution is 2.38. The third-order valence-corrected chi connectivity index (χ3v) is 6.10. The summed E-state index contributed by atoms with van der Waals surface area (Å²) in [6.45, 7) is 1.46. The van der Waals surface area contributed by atoms with Gasteiger partial charge in [-0.1, -0.05) is 48.5 Å². The van der Waals surface area contributed by atoms with Crippen molar-refractivity contribution in [2.75, 3.05) is 13.2 Å². The highest BCUT2D eigenvalue weighted by Gasteiger charge is 2.44. The molecular formula is C24H22N2O3S. The number of imidazole rings is 1. The molecule has 30 heavy (non-hydrogen) atoms. The number of thiophene rings is 1. The molecule has 152 valence electrons. The van der Waals surface area contributed by atoms with Gasteiger partial charge >= 0.3 is 0 Å². The van der Waals surface area contributed by atoms with Gasteiger partial charge in [0.1, 0.15) is 18.5 Å². The highest BCUT2D eigenvalue weighted by molar-refractivity contribution is 7.10. The molecule has 6 heteroatoms. The van der Waals surface area contributed by atoms with Crippen molar-refractivity contribution < 1.29 is 14.2 Å². The fraction of sp³-hybridized carbons (Fsp3) is 0.208. The van der Waals surface area contributed by atoms with Crippen molar-refractivity contribution in [1.82, 2.24) is 9.55 Å². The first-order valence-electron chi connectivity index (χ1n) is 9.91. The van der Waals surface area contributed by atoms with E-state index in [1.54, 1.807) is 23.9 Å². The molecule has 0 aliphatic carbocycles. The van der Waals surface area contributed by atoms with Gasteiger partial charge in [-0.05, 0) is 34.7 Å². The lowest BCUT2D eigenvalue weighted by molar-refractivity contribution is -0.186. The molecule has 1 saturated heterocycles. The van der Waals surface area contributed by atoms with E-state index >= 15 is 0 Å². The molecule has 1 fully saturated rings. The lowest BCUT2D eigenvalue weighted by Gasteiger charge is -2.27. The Morgan fingerprint density at radius 1 is 1.03 bits per heavy atom. The maximum Gasteiger partial charge on any atom is 0.223 e. The molecule has 5 rings (SSSR count). The Morgan fingerprint density at radius 2 is 1.87 bits per heavy atom. The van der Waals surface area contributed by atoms with Crippen molar-refractivity contribution in [3.63, 3.8) is 0 Å². The Morgan fingerprint density at radius 3 is 2.60 bits per heavy atom. The van der Waals surface area contributed by atoms with Gasteiger partial charge in [-0.25, -0.2) is 4.98 Å². The van der Waals surface area contributed by atoms with Gasteiger partial charge in [-0.3, -0.25) is 0 Å². The maximum atomic E-state index is 6.40. The Labute approximate surface area is 179 Å². The van der Waals surface area contributed by atoms with E-state index in [4.69, 9.17) is 14.2 Å². The topological polar surface area (TPSA) is 45.5 Å². The average Bonchev–Trinajstić information content (AvgIpc) is 3.56. The largest absolute Gasteiger partial charge is 0.491 e. The third kappa shape index (κ3) is 4.03. The zero-order valence-corrected chi connectivity index (χ0v) is 17.2. The summed E-state index contributed by atoms with van der Waals surface area (Å²) in [6.07, 6.45) is 5.31. The zero-order chi connectivity index (χ0) is 20.2. The molecule has 0 unspecified atom stereocenters. The van der Waals surface area contributed by atoms with Gasteiger partial charge in [0.05, 0.1) is 24.4 Å². The summed E-state index contributed by atoms with van der Waals surface area (Å²) in [6, 6.07) is 22.5. The first kappa shape index (κ1) is 19.1. The van der Waals surface area contributed by atoms with Crippen molar-refractivity contribution in [3.05, 3.63) is 95.7 Å². The van der Waals surface area contributed by atoms with Crippen molar-refractivity contribution in [1.29, 1.82) is 0 Å². The Balaban J connectivity index is 1.24. The number of benzene rings is 2. The van der Waals surface area contributed by atoms with Gasteiger partial charge in [0.25, 0.3) is 0 Å². The minimum atomic E-state index is -0.805. The van der Waals surface area contributed by atoms with Crippen molar-refractivity contribution in [2.24, 2.45) is 0 Å². The van der Waals surface area contributed by atoms with Crippen LogP contribution in [0.4, 0.5) is 0 Å². The number of hydrogen-bond donors (Lipinski definition) is 0. The molecule has 0 spiro atoms. The van der Waals surface area contributed by atoms with Crippen LogP contribution in [-0.4, -0.2) is 28.9 Å². The van der Waals surface area contributed by atoms with Crippen LogP contribution < -0.4 is 4.74 Å². The van der Waals surface area contributed by atoms with Gasteiger partial charge in [0, 0.05) is 12.4 Å². The predicted molar refractivity (Wildman–Crippen MR) is 116 cm³/mol. The van der Waals surface area contributed by atoms with Gasteiger partial charge in [0.2, 0.25) is 5.79 Å². The lowest BCUT2D eigenvalue weighted by Crippen LogP contribution is -2.33. The van der Waals surface area contributed by atoms with Gasteiger partial charge in [-0.15, -0.1) is 11.3 Å². The quantitative estimate of drug-likeness (QED) is 0.426. The minimum Gasteiger partial charge on any atom is -0.491 e. The fourth-order valence-electron chi connectivity index (χ4n) is 3.62. The normalized spacial score (nSPS) is 21.0. The van der Waals surface area contributed by atoms with Crippen LogP contribution in [-0.2, 0) is 21.8 Å². The van der Waals surface area contributed by atoms with Crippen LogP contribution in [0.5, 0.6) is 5.75 Å². The summed E-state index contributed by atoms with van der Waals surface area (Å²) in [5.74, 6) is 0.0154. The van der Waals surface area contributed by atoms with E-state index in [1.807, 2.05) is 58.6 Å². The summed E-state index contributed by atoms with van der Waals surface area (Å²) in [5, 5.41) is 2.04. The standard InChI is InChI=1S/C24H22N2O3S/c1-2-5-19(6-3-1)20-8-10-21(11-9-20)27-15-22-16-28-24(29-22,23-7-4-14-30-23)17-26-13-12-25-18-26/h1-14,18,22H,15-17H2/t22-,24+/m0/s1. The molecule has 5 nitrogen and oxygen atoms in total. The molecule has 2 aromatic carbocycles. The van der Waals surface area contributed by atoms with E-state index in [9.17, 15) is 0 Å². The highest BCUT2D eigenvalue weighted by atomic mass is 32.1. The van der Waals surface area contributed by atoms with E-state index in [0.29, 0.717) is 19.8 Å². The van der Waals surface area contributed by atoms with Crippen LogP contribution in [0, 0.1) is 0 Å². The van der Waals surface area contributed by atoms with E-state index in [2.05, 4.69) is 29.2 Å². The van der Waals surface area contributed by atoms with Crippen molar-refractivity contribution in [2.45, 2.75) is 18.4 Å². The molecule has 1 aliphatic rings. The second kappa shape index (κ2) is 8.44. The van der Waals surface area contributed by atoms with Crippen LogP contribution in [0.15, 0.2) is 90.8 Å². The molecule has 0 bridgehead atoms. The molecule has 2 aromatic heterocycles. The van der Waals surface area contributed by atoms with E-state index < -0.39 is 5.79 Å².